The monoisotopic (exact) mass is 640 g/mol. The molecule has 1 saturated carbocycles. The average molecular weight is 641 g/mol. The Balaban J connectivity index is 1.78. The van der Waals surface area contributed by atoms with Gasteiger partial charge in [0.1, 0.15) is 12.6 Å². The van der Waals surface area contributed by atoms with Crippen LogP contribution >= 0.6 is 0 Å². The van der Waals surface area contributed by atoms with Crippen LogP contribution < -0.4 is 21.7 Å². The molecule has 1 aliphatic carbocycles. The molecule has 2 aromatic rings. The number of aliphatic hydroxyl groups is 1. The van der Waals surface area contributed by atoms with Crippen LogP contribution in [0.25, 0.3) is 0 Å². The smallest absolute Gasteiger partial charge is 0.339 e. The number of ether oxygens (including phenoxy) is 3. The molecule has 13 heteroatoms. The van der Waals surface area contributed by atoms with Crippen LogP contribution in [0.4, 0.5) is 5.69 Å². The van der Waals surface area contributed by atoms with Gasteiger partial charge in [-0.1, -0.05) is 62.4 Å². The highest BCUT2D eigenvalue weighted by Crippen LogP contribution is 2.28. The molecule has 0 heterocycles. The standard InChI is InChI=1S/C33H44N4O9/c1-3-46-28(38)18-35-32(42)29(39)27(20-45-19-22-12-8-5-9-13-22)37-31(41)26(16-21-10-6-4-7-11-21)36-30(40)23-14-15-24(25(34)17-23)33(43)44-2/h5,8-9,12-15,17,21,26-27,29,39H,3-4,6-7,10-11,16,18-20,34H2,1-2H3,(H,35,42)(H,36,40)(H,37,41)/t26-,27-,29?/m0/s1. The van der Waals surface area contributed by atoms with E-state index in [0.717, 1.165) is 37.7 Å². The van der Waals surface area contributed by atoms with Crippen LogP contribution in [0, 0.1) is 5.92 Å². The molecule has 13 nitrogen and oxygen atoms in total. The minimum atomic E-state index is -1.79. The van der Waals surface area contributed by atoms with Crippen LogP contribution in [0.2, 0.25) is 0 Å². The van der Waals surface area contributed by atoms with Crippen molar-refractivity contribution in [2.75, 3.05) is 32.6 Å². The maximum atomic E-state index is 13.8. The number of nitrogens with two attached hydrogens (primary N) is 1. The van der Waals surface area contributed by atoms with Gasteiger partial charge in [-0.2, -0.15) is 0 Å². The molecule has 1 unspecified atom stereocenters. The van der Waals surface area contributed by atoms with Gasteiger partial charge in [0.15, 0.2) is 6.10 Å². The number of rotatable bonds is 16. The van der Waals surface area contributed by atoms with E-state index in [1.807, 2.05) is 30.3 Å². The summed E-state index contributed by atoms with van der Waals surface area (Å²) in [5.74, 6) is -3.28. The van der Waals surface area contributed by atoms with Crippen molar-refractivity contribution in [3.05, 3.63) is 65.2 Å². The number of anilines is 1. The highest BCUT2D eigenvalue weighted by Gasteiger charge is 2.33. The van der Waals surface area contributed by atoms with Gasteiger partial charge in [0.25, 0.3) is 11.8 Å². The van der Waals surface area contributed by atoms with Crippen molar-refractivity contribution < 1.29 is 43.3 Å². The molecule has 46 heavy (non-hydrogen) atoms. The molecule has 0 spiro atoms. The van der Waals surface area contributed by atoms with E-state index in [4.69, 9.17) is 19.9 Å². The van der Waals surface area contributed by atoms with E-state index in [1.54, 1.807) is 6.92 Å². The minimum Gasteiger partial charge on any atom is -0.465 e. The fourth-order valence-electron chi connectivity index (χ4n) is 5.26. The van der Waals surface area contributed by atoms with Gasteiger partial charge in [-0.3, -0.25) is 19.2 Å². The van der Waals surface area contributed by atoms with Gasteiger partial charge in [-0.25, -0.2) is 4.79 Å². The minimum absolute atomic E-state index is 0.0420. The largest absolute Gasteiger partial charge is 0.465 e. The number of amides is 3. The molecule has 3 atom stereocenters. The SMILES string of the molecule is CCOC(=O)CNC(=O)C(O)[C@H](COCc1ccccc1)NC(=O)[C@H](CC1CCCCC1)NC(=O)c1ccc(C(=O)OC)c(N)c1. The maximum Gasteiger partial charge on any atom is 0.339 e. The van der Waals surface area contributed by atoms with Crippen molar-refractivity contribution >= 4 is 35.3 Å². The predicted molar refractivity (Wildman–Crippen MR) is 168 cm³/mol. The Labute approximate surface area is 268 Å². The molecule has 6 N–H and O–H groups in total. The van der Waals surface area contributed by atoms with E-state index in [0.29, 0.717) is 6.42 Å². The first-order valence-electron chi connectivity index (χ1n) is 15.4. The van der Waals surface area contributed by atoms with Crippen LogP contribution in [-0.2, 0) is 35.2 Å². The quantitative estimate of drug-likeness (QED) is 0.133. The molecule has 0 saturated heterocycles. The van der Waals surface area contributed by atoms with Crippen LogP contribution in [0.5, 0.6) is 0 Å². The van der Waals surface area contributed by atoms with Crippen molar-refractivity contribution in [2.45, 2.75) is 70.2 Å². The molecule has 0 aromatic heterocycles. The van der Waals surface area contributed by atoms with E-state index < -0.39 is 54.4 Å². The Bertz CT molecular complexity index is 1330. The number of hydrogen-bond donors (Lipinski definition) is 5. The first kappa shape index (κ1) is 36.0. The van der Waals surface area contributed by atoms with Crippen molar-refractivity contribution in [2.24, 2.45) is 5.92 Å². The van der Waals surface area contributed by atoms with Crippen molar-refractivity contribution in [3.63, 3.8) is 0 Å². The number of hydrogen-bond acceptors (Lipinski definition) is 10. The van der Waals surface area contributed by atoms with Gasteiger partial charge in [-0.05, 0) is 43.0 Å². The summed E-state index contributed by atoms with van der Waals surface area (Å²) in [6, 6.07) is 11.1. The van der Waals surface area contributed by atoms with Gasteiger partial charge in [-0.15, -0.1) is 0 Å². The lowest BCUT2D eigenvalue weighted by atomic mass is 9.84. The van der Waals surface area contributed by atoms with Crippen LogP contribution in [0.3, 0.4) is 0 Å². The topological polar surface area (TPSA) is 195 Å². The van der Waals surface area contributed by atoms with E-state index in [1.165, 1.54) is 25.3 Å². The number of methoxy groups -OCH3 is 1. The van der Waals surface area contributed by atoms with E-state index in [2.05, 4.69) is 16.0 Å². The molecule has 0 radical (unpaired) electrons. The third-order valence-corrected chi connectivity index (χ3v) is 7.73. The lowest BCUT2D eigenvalue weighted by molar-refractivity contribution is -0.145. The van der Waals surface area contributed by atoms with Gasteiger partial charge in [0.05, 0.1) is 38.5 Å². The summed E-state index contributed by atoms with van der Waals surface area (Å²) in [5, 5.41) is 18.7. The van der Waals surface area contributed by atoms with Crippen molar-refractivity contribution in [1.82, 2.24) is 16.0 Å². The Morgan fingerprint density at radius 2 is 1.70 bits per heavy atom. The lowest BCUT2D eigenvalue weighted by Gasteiger charge is -2.29. The van der Waals surface area contributed by atoms with Crippen LogP contribution in [-0.4, -0.2) is 79.8 Å². The molecule has 1 fully saturated rings. The Hall–Kier alpha value is -4.49. The predicted octanol–water partition coefficient (Wildman–Crippen LogP) is 1.87. The second-order valence-corrected chi connectivity index (χ2v) is 11.1. The van der Waals surface area contributed by atoms with E-state index in [-0.39, 0.29) is 42.6 Å². The van der Waals surface area contributed by atoms with Crippen LogP contribution in [0.1, 0.15) is 71.7 Å². The summed E-state index contributed by atoms with van der Waals surface area (Å²) in [4.78, 5) is 63.6. The van der Waals surface area contributed by atoms with E-state index in [9.17, 15) is 29.1 Å². The molecular weight excluding hydrogens is 596 g/mol. The maximum absolute atomic E-state index is 13.8. The molecule has 1 aliphatic rings. The first-order chi connectivity index (χ1) is 22.1. The van der Waals surface area contributed by atoms with Crippen molar-refractivity contribution in [3.8, 4) is 0 Å². The molecule has 0 aliphatic heterocycles. The fourth-order valence-corrected chi connectivity index (χ4v) is 5.26. The lowest BCUT2D eigenvalue weighted by Crippen LogP contribution is -2.57. The molecule has 0 bridgehead atoms. The second-order valence-electron chi connectivity index (χ2n) is 11.1. The molecule has 250 valence electrons. The second kappa shape index (κ2) is 18.5. The van der Waals surface area contributed by atoms with E-state index >= 15 is 0 Å². The normalized spacial score (nSPS) is 15.1. The van der Waals surface area contributed by atoms with Crippen molar-refractivity contribution in [1.29, 1.82) is 0 Å². The number of benzene rings is 2. The van der Waals surface area contributed by atoms with Gasteiger partial charge >= 0.3 is 11.9 Å². The Morgan fingerprint density at radius 1 is 0.978 bits per heavy atom. The Morgan fingerprint density at radius 3 is 2.35 bits per heavy atom. The fraction of sp³-hybridized carbons (Fsp3) is 0.485. The average Bonchev–Trinajstić information content (AvgIpc) is 3.06. The zero-order chi connectivity index (χ0) is 33.5. The molecular formula is C33H44N4O9. The third-order valence-electron chi connectivity index (χ3n) is 7.73. The summed E-state index contributed by atoms with van der Waals surface area (Å²) < 4.78 is 15.3. The molecule has 2 aromatic carbocycles. The number of nitrogens with one attached hydrogen (secondary N) is 3. The summed E-state index contributed by atoms with van der Waals surface area (Å²) in [6.45, 7) is 1.19. The highest BCUT2D eigenvalue weighted by molar-refractivity contribution is 6.01. The highest BCUT2D eigenvalue weighted by atomic mass is 16.5. The summed E-state index contributed by atoms with van der Waals surface area (Å²) in [6.07, 6.45) is 3.44. The number of esters is 2. The van der Waals surface area contributed by atoms with Gasteiger partial charge in [0, 0.05) is 11.3 Å². The summed E-state index contributed by atoms with van der Waals surface area (Å²) in [5.41, 5.74) is 7.10. The number of carbonyl (C=O) groups is 5. The third kappa shape index (κ3) is 11.1. The summed E-state index contributed by atoms with van der Waals surface area (Å²) >= 11 is 0. The number of aliphatic hydroxyl groups excluding tert-OH is 1. The van der Waals surface area contributed by atoms with Gasteiger partial charge < -0.3 is 41.0 Å². The summed E-state index contributed by atoms with van der Waals surface area (Å²) in [7, 11) is 1.22. The zero-order valence-electron chi connectivity index (χ0n) is 26.3. The molecule has 3 amide bonds. The number of nitrogen functional groups attached to an aromatic ring is 1. The number of carbonyl (C=O) groups excluding carboxylic acids is 5. The van der Waals surface area contributed by atoms with Crippen LogP contribution in [0.15, 0.2) is 48.5 Å². The first-order valence-corrected chi connectivity index (χ1v) is 15.4. The Kier molecular flexibility index (Phi) is 14.4. The zero-order valence-corrected chi connectivity index (χ0v) is 26.3. The van der Waals surface area contributed by atoms with Gasteiger partial charge in [0.2, 0.25) is 5.91 Å². The molecule has 3 rings (SSSR count).